The van der Waals surface area contributed by atoms with Crippen molar-refractivity contribution in [2.75, 3.05) is 18.4 Å². The first-order chi connectivity index (χ1) is 17.9. The second kappa shape index (κ2) is 11.2. The summed E-state index contributed by atoms with van der Waals surface area (Å²) in [5.41, 5.74) is 3.43. The second-order valence-electron chi connectivity index (χ2n) is 10.6. The molecular weight excluding hydrogens is 488 g/mol. The van der Waals surface area contributed by atoms with Gasteiger partial charge in [0.05, 0.1) is 0 Å². The Labute approximate surface area is 223 Å². The molecule has 2 saturated heterocycles. The van der Waals surface area contributed by atoms with E-state index in [-0.39, 0.29) is 29.8 Å². The smallest absolute Gasteiger partial charge is 0.251 e. The molecule has 0 radical (unpaired) electrons. The molecule has 2 N–H and O–H groups in total. The number of aryl methyl sites for hydroxylation is 1. The third-order valence-corrected chi connectivity index (χ3v) is 8.39. The molecule has 0 bridgehead atoms. The molecule has 0 aromatic heterocycles. The molecule has 5 rings (SSSR count). The molecule has 196 valence electrons. The Balaban J connectivity index is 1.17. The first-order valence-corrected chi connectivity index (χ1v) is 13.8. The van der Waals surface area contributed by atoms with Crippen molar-refractivity contribution < 1.29 is 14.4 Å². The van der Waals surface area contributed by atoms with E-state index in [0.29, 0.717) is 24.1 Å². The van der Waals surface area contributed by atoms with Gasteiger partial charge >= 0.3 is 0 Å². The topological polar surface area (TPSA) is 81.8 Å². The molecule has 2 heterocycles. The molecule has 1 saturated carbocycles. The Morgan fingerprint density at radius 1 is 1.03 bits per heavy atom. The van der Waals surface area contributed by atoms with Crippen molar-refractivity contribution in [3.05, 3.63) is 64.2 Å². The fourth-order valence-electron chi connectivity index (χ4n) is 5.62. The van der Waals surface area contributed by atoms with Crippen molar-refractivity contribution in [3.63, 3.8) is 0 Å². The number of nitrogens with zero attached hydrogens (tertiary/aromatic N) is 2. The van der Waals surface area contributed by atoms with E-state index in [1.54, 1.807) is 24.3 Å². The highest BCUT2D eigenvalue weighted by atomic mass is 35.5. The number of rotatable bonds is 7. The molecular formula is C29H35ClN4O3. The zero-order chi connectivity index (χ0) is 25.9. The molecule has 7 nitrogen and oxygen atoms in total. The second-order valence-corrected chi connectivity index (χ2v) is 11.0. The largest absolute Gasteiger partial charge is 0.349 e. The molecule has 3 aliphatic rings. The van der Waals surface area contributed by atoms with Crippen LogP contribution < -0.4 is 10.6 Å². The van der Waals surface area contributed by atoms with E-state index >= 15 is 0 Å². The lowest BCUT2D eigenvalue weighted by molar-refractivity contribution is -0.136. The van der Waals surface area contributed by atoms with Crippen LogP contribution in [0.25, 0.3) is 0 Å². The molecule has 0 spiro atoms. The zero-order valence-electron chi connectivity index (χ0n) is 21.3. The number of likely N-dealkylation sites (tertiary alicyclic amines) is 2. The van der Waals surface area contributed by atoms with E-state index < -0.39 is 6.04 Å². The molecule has 3 fully saturated rings. The number of carbonyl (C=O) groups is 3. The number of hydrogen-bond donors (Lipinski definition) is 2. The summed E-state index contributed by atoms with van der Waals surface area (Å²) in [6, 6.07) is 13.0. The summed E-state index contributed by atoms with van der Waals surface area (Å²) in [4.78, 5) is 42.8. The lowest BCUT2D eigenvalue weighted by atomic mass is 9.93. The Hall–Kier alpha value is -2.90. The highest BCUT2D eigenvalue weighted by Crippen LogP contribution is 2.29. The van der Waals surface area contributed by atoms with Crippen molar-refractivity contribution in [1.29, 1.82) is 0 Å². The van der Waals surface area contributed by atoms with Crippen molar-refractivity contribution in [2.24, 2.45) is 0 Å². The van der Waals surface area contributed by atoms with Crippen LogP contribution in [0.2, 0.25) is 5.02 Å². The maximum absolute atomic E-state index is 13.3. The number of carbonyl (C=O) groups excluding carboxylic acids is 3. The van der Waals surface area contributed by atoms with E-state index in [1.807, 2.05) is 17.9 Å². The number of anilines is 1. The minimum atomic E-state index is -0.476. The van der Waals surface area contributed by atoms with Gasteiger partial charge in [0.15, 0.2) is 0 Å². The van der Waals surface area contributed by atoms with Crippen LogP contribution in [0.1, 0.15) is 66.4 Å². The number of nitrogens with one attached hydrogen (secondary N) is 2. The van der Waals surface area contributed by atoms with Crippen molar-refractivity contribution in [1.82, 2.24) is 15.1 Å². The number of benzene rings is 2. The normalized spacial score (nSPS) is 21.1. The number of amides is 3. The Kier molecular flexibility index (Phi) is 7.81. The van der Waals surface area contributed by atoms with E-state index in [4.69, 9.17) is 11.6 Å². The quantitative estimate of drug-likeness (QED) is 0.560. The van der Waals surface area contributed by atoms with Gasteiger partial charge in [-0.15, -0.1) is 0 Å². The minimum Gasteiger partial charge on any atom is -0.349 e. The molecule has 37 heavy (non-hydrogen) atoms. The first kappa shape index (κ1) is 25.7. The number of piperidine rings is 1. The Morgan fingerprint density at radius 3 is 2.51 bits per heavy atom. The van der Waals surface area contributed by atoms with Crippen molar-refractivity contribution in [3.8, 4) is 0 Å². The third-order valence-electron chi connectivity index (χ3n) is 7.97. The molecule has 8 heteroatoms. The maximum Gasteiger partial charge on any atom is 0.251 e. The highest BCUT2D eigenvalue weighted by molar-refractivity contribution is 6.31. The van der Waals surface area contributed by atoms with Crippen LogP contribution in [0.5, 0.6) is 0 Å². The zero-order valence-corrected chi connectivity index (χ0v) is 22.1. The Morgan fingerprint density at radius 2 is 1.81 bits per heavy atom. The van der Waals surface area contributed by atoms with Gasteiger partial charge in [-0.05, 0) is 80.8 Å². The SMILES string of the molecule is Cc1cc(CN2CCC(N3C(=O)CC[C@@H]3C(=O)Nc3cccc(C(=O)NC4CCC4)c3)CC2)ccc1Cl. The van der Waals surface area contributed by atoms with Crippen molar-refractivity contribution in [2.45, 2.75) is 76.5 Å². The molecule has 2 aliphatic heterocycles. The van der Waals surface area contributed by atoms with E-state index in [0.717, 1.165) is 62.3 Å². The summed E-state index contributed by atoms with van der Waals surface area (Å²) in [7, 11) is 0. The summed E-state index contributed by atoms with van der Waals surface area (Å²) >= 11 is 6.16. The van der Waals surface area contributed by atoms with Crippen LogP contribution in [0, 0.1) is 6.92 Å². The summed E-state index contributed by atoms with van der Waals surface area (Å²) in [5.74, 6) is -0.235. The van der Waals surface area contributed by atoms with E-state index in [1.165, 1.54) is 5.56 Å². The Bertz CT molecular complexity index is 1170. The summed E-state index contributed by atoms with van der Waals surface area (Å²) in [5, 5.41) is 6.78. The van der Waals surface area contributed by atoms with Crippen LogP contribution in [-0.2, 0) is 16.1 Å². The monoisotopic (exact) mass is 522 g/mol. The lowest BCUT2D eigenvalue weighted by Gasteiger charge is -2.39. The van der Waals surface area contributed by atoms with Gasteiger partial charge in [0.25, 0.3) is 5.91 Å². The number of halogens is 1. The van der Waals surface area contributed by atoms with E-state index in [2.05, 4.69) is 27.7 Å². The minimum absolute atomic E-state index is 0.0561. The third kappa shape index (κ3) is 5.99. The van der Waals surface area contributed by atoms with Crippen LogP contribution in [0.15, 0.2) is 42.5 Å². The lowest BCUT2D eigenvalue weighted by Crippen LogP contribution is -2.51. The summed E-state index contributed by atoms with van der Waals surface area (Å²) < 4.78 is 0. The van der Waals surface area contributed by atoms with Gasteiger partial charge in [0, 0.05) is 54.4 Å². The van der Waals surface area contributed by atoms with Gasteiger partial charge in [0.1, 0.15) is 6.04 Å². The van der Waals surface area contributed by atoms with Crippen molar-refractivity contribution >= 4 is 35.0 Å². The average Bonchev–Trinajstić information content (AvgIpc) is 3.25. The fraction of sp³-hybridized carbons (Fsp3) is 0.483. The maximum atomic E-state index is 13.3. The van der Waals surface area contributed by atoms with Crippen LogP contribution >= 0.6 is 11.6 Å². The van der Waals surface area contributed by atoms with Gasteiger partial charge < -0.3 is 15.5 Å². The van der Waals surface area contributed by atoms with Gasteiger partial charge in [-0.25, -0.2) is 0 Å². The van der Waals surface area contributed by atoms with E-state index in [9.17, 15) is 14.4 Å². The van der Waals surface area contributed by atoms with Crippen LogP contribution in [0.3, 0.4) is 0 Å². The summed E-state index contributed by atoms with van der Waals surface area (Å²) in [6.07, 6.45) is 5.81. The fourth-order valence-corrected chi connectivity index (χ4v) is 5.74. The molecule has 2 aromatic rings. The van der Waals surface area contributed by atoms with Crippen LogP contribution in [0.4, 0.5) is 5.69 Å². The van der Waals surface area contributed by atoms with Gasteiger partial charge in [-0.2, -0.15) is 0 Å². The molecule has 3 amide bonds. The van der Waals surface area contributed by atoms with Gasteiger partial charge in [-0.1, -0.05) is 29.8 Å². The molecule has 2 aromatic carbocycles. The van der Waals surface area contributed by atoms with Crippen LogP contribution in [-0.4, -0.2) is 58.7 Å². The first-order valence-electron chi connectivity index (χ1n) is 13.4. The van der Waals surface area contributed by atoms with Gasteiger partial charge in [0.2, 0.25) is 11.8 Å². The number of hydrogen-bond acceptors (Lipinski definition) is 4. The van der Waals surface area contributed by atoms with Gasteiger partial charge in [-0.3, -0.25) is 19.3 Å². The highest BCUT2D eigenvalue weighted by Gasteiger charge is 2.41. The predicted octanol–water partition coefficient (Wildman–Crippen LogP) is 4.52. The summed E-state index contributed by atoms with van der Waals surface area (Å²) in [6.45, 7) is 4.63. The molecule has 1 atom stereocenters. The average molecular weight is 523 g/mol. The molecule has 0 unspecified atom stereocenters. The predicted molar refractivity (Wildman–Crippen MR) is 145 cm³/mol. The molecule has 1 aliphatic carbocycles. The standard InChI is InChI=1S/C29H35ClN4O3/c1-19-16-20(8-9-25(19)30)18-33-14-12-24(13-15-33)34-26(10-11-27(34)35)29(37)32-23-7-2-4-21(17-23)28(36)31-22-5-3-6-22/h2,4,7-9,16-17,22,24,26H,3,5-6,10-15,18H2,1H3,(H,31,36)(H,32,37)/t26-/m1/s1.